The zero-order valence-corrected chi connectivity index (χ0v) is 15.6. The third-order valence-electron chi connectivity index (χ3n) is 6.04. The molecule has 2 aromatic carbocycles. The Hall–Kier alpha value is -2.86. The van der Waals surface area contributed by atoms with Crippen LogP contribution in [0.5, 0.6) is 0 Å². The van der Waals surface area contributed by atoms with Crippen molar-refractivity contribution in [3.05, 3.63) is 59.7 Å². The van der Waals surface area contributed by atoms with Crippen LogP contribution in [-0.4, -0.2) is 35.9 Å². The molecule has 1 amide bonds. The smallest absolute Gasteiger partial charge is 0.408 e. The molecule has 0 radical (unpaired) electrons. The second kappa shape index (κ2) is 7.28. The van der Waals surface area contributed by atoms with Gasteiger partial charge in [-0.25, -0.2) is 9.59 Å². The molecule has 28 heavy (non-hydrogen) atoms. The Bertz CT molecular complexity index is 867. The van der Waals surface area contributed by atoms with Crippen LogP contribution < -0.4 is 11.1 Å². The van der Waals surface area contributed by atoms with E-state index in [1.54, 1.807) is 0 Å². The van der Waals surface area contributed by atoms with E-state index in [0.29, 0.717) is 25.8 Å². The maximum Gasteiger partial charge on any atom is 0.408 e. The Morgan fingerprint density at radius 2 is 1.71 bits per heavy atom. The highest BCUT2D eigenvalue weighted by Gasteiger charge is 2.46. The summed E-state index contributed by atoms with van der Waals surface area (Å²) >= 11 is 0. The number of nitrogens with two attached hydrogens (primary N) is 1. The molecule has 6 nitrogen and oxygen atoms in total. The van der Waals surface area contributed by atoms with E-state index in [1.807, 2.05) is 36.4 Å². The van der Waals surface area contributed by atoms with E-state index in [0.717, 1.165) is 22.3 Å². The van der Waals surface area contributed by atoms with Gasteiger partial charge in [0.25, 0.3) is 0 Å². The topological polar surface area (TPSA) is 102 Å². The number of hydrogen-bond donors (Lipinski definition) is 3. The summed E-state index contributed by atoms with van der Waals surface area (Å²) in [4.78, 5) is 24.3. The van der Waals surface area contributed by atoms with E-state index in [4.69, 9.17) is 10.5 Å². The summed E-state index contributed by atoms with van der Waals surface area (Å²) in [6, 6.07) is 16.2. The van der Waals surface area contributed by atoms with Gasteiger partial charge < -0.3 is 20.9 Å². The molecule has 4 N–H and O–H groups in total. The van der Waals surface area contributed by atoms with Crippen molar-refractivity contribution in [2.45, 2.75) is 30.7 Å². The van der Waals surface area contributed by atoms with Gasteiger partial charge in [-0.05, 0) is 54.0 Å². The van der Waals surface area contributed by atoms with Crippen molar-refractivity contribution in [3.63, 3.8) is 0 Å². The van der Waals surface area contributed by atoms with E-state index in [2.05, 4.69) is 17.4 Å². The second-order valence-electron chi connectivity index (χ2n) is 7.68. The minimum atomic E-state index is -1.29. The van der Waals surface area contributed by atoms with Gasteiger partial charge in [-0.1, -0.05) is 48.5 Å². The molecule has 2 aliphatic carbocycles. The van der Waals surface area contributed by atoms with Crippen LogP contribution in [0.2, 0.25) is 0 Å². The molecular formula is C22H24N2O4. The standard InChI is InChI=1S/C22H24N2O4/c23-12-14-9-10-22(11-14,20(25)26)24-21(27)28-13-19-17-7-3-1-5-15(17)16-6-2-4-8-18(16)19/h1-8,14,19H,9-13,23H2,(H,24,27)(H,25,26). The number of aliphatic carboxylic acids is 1. The number of amides is 1. The first-order chi connectivity index (χ1) is 13.5. The Labute approximate surface area is 163 Å². The average molecular weight is 380 g/mol. The van der Waals surface area contributed by atoms with Crippen LogP contribution >= 0.6 is 0 Å². The first-order valence-corrected chi connectivity index (χ1v) is 9.61. The van der Waals surface area contributed by atoms with Gasteiger partial charge in [0, 0.05) is 5.92 Å². The van der Waals surface area contributed by atoms with Crippen molar-refractivity contribution < 1.29 is 19.4 Å². The van der Waals surface area contributed by atoms with E-state index in [9.17, 15) is 14.7 Å². The number of nitrogens with one attached hydrogen (secondary N) is 1. The van der Waals surface area contributed by atoms with E-state index >= 15 is 0 Å². The molecule has 0 heterocycles. The number of fused-ring (bicyclic) bond motifs is 3. The third kappa shape index (κ3) is 3.14. The zero-order chi connectivity index (χ0) is 19.7. The Balaban J connectivity index is 1.47. The van der Waals surface area contributed by atoms with Gasteiger partial charge in [0.05, 0.1) is 0 Å². The number of alkyl carbamates (subject to hydrolysis) is 1. The summed E-state index contributed by atoms with van der Waals surface area (Å²) in [5.74, 6) is -0.985. The average Bonchev–Trinajstić information content (AvgIpc) is 3.26. The van der Waals surface area contributed by atoms with Gasteiger partial charge in [0.2, 0.25) is 0 Å². The number of carboxylic acid groups (broad SMARTS) is 1. The zero-order valence-electron chi connectivity index (χ0n) is 15.6. The largest absolute Gasteiger partial charge is 0.480 e. The number of carboxylic acids is 1. The number of rotatable bonds is 5. The quantitative estimate of drug-likeness (QED) is 0.740. The van der Waals surface area contributed by atoms with Gasteiger partial charge in [-0.2, -0.15) is 0 Å². The van der Waals surface area contributed by atoms with Crippen molar-refractivity contribution in [1.82, 2.24) is 5.32 Å². The minimum Gasteiger partial charge on any atom is -0.480 e. The first kappa shape index (κ1) is 18.5. The Kier molecular flexibility index (Phi) is 4.81. The van der Waals surface area contributed by atoms with Crippen molar-refractivity contribution in [2.24, 2.45) is 11.7 Å². The predicted molar refractivity (Wildman–Crippen MR) is 105 cm³/mol. The molecule has 0 saturated heterocycles. The van der Waals surface area contributed by atoms with E-state index in [1.165, 1.54) is 0 Å². The predicted octanol–water partition coefficient (Wildman–Crippen LogP) is 3.11. The lowest BCUT2D eigenvalue weighted by Crippen LogP contribution is -2.53. The van der Waals surface area contributed by atoms with Gasteiger partial charge in [0.1, 0.15) is 12.1 Å². The third-order valence-corrected chi connectivity index (χ3v) is 6.04. The summed E-state index contributed by atoms with van der Waals surface area (Å²) in [6.07, 6.45) is 0.700. The van der Waals surface area contributed by atoms with E-state index in [-0.39, 0.29) is 18.4 Å². The summed E-state index contributed by atoms with van der Waals surface area (Å²) in [5.41, 5.74) is 8.93. The highest BCUT2D eigenvalue weighted by atomic mass is 16.5. The monoisotopic (exact) mass is 380 g/mol. The molecule has 4 rings (SSSR count). The summed E-state index contributed by atoms with van der Waals surface area (Å²) in [6.45, 7) is 0.581. The van der Waals surface area contributed by atoms with Gasteiger partial charge in [-0.15, -0.1) is 0 Å². The molecule has 0 aliphatic heterocycles. The van der Waals surface area contributed by atoms with Crippen LogP contribution in [0.15, 0.2) is 48.5 Å². The molecule has 1 saturated carbocycles. The fourth-order valence-electron chi connectivity index (χ4n) is 4.54. The van der Waals surface area contributed by atoms with Crippen LogP contribution in [0.4, 0.5) is 4.79 Å². The molecule has 0 bridgehead atoms. The number of carbonyl (C=O) groups excluding carboxylic acids is 1. The minimum absolute atomic E-state index is 0.0562. The molecule has 1 fully saturated rings. The molecule has 2 aliphatic rings. The SMILES string of the molecule is NCC1CCC(NC(=O)OCC2c3ccccc3-c3ccccc32)(C(=O)O)C1. The van der Waals surface area contributed by atoms with Crippen molar-refractivity contribution in [1.29, 1.82) is 0 Å². The fourth-order valence-corrected chi connectivity index (χ4v) is 4.54. The molecule has 0 spiro atoms. The molecule has 2 aromatic rings. The van der Waals surface area contributed by atoms with Gasteiger partial charge in [-0.3, -0.25) is 0 Å². The maximum absolute atomic E-state index is 12.5. The van der Waals surface area contributed by atoms with Crippen LogP contribution in [0.1, 0.15) is 36.3 Å². The summed E-state index contributed by atoms with van der Waals surface area (Å²) < 4.78 is 5.50. The molecule has 2 atom stereocenters. The van der Waals surface area contributed by atoms with Crippen LogP contribution in [0.25, 0.3) is 11.1 Å². The highest BCUT2D eigenvalue weighted by molar-refractivity contribution is 5.85. The summed E-state index contributed by atoms with van der Waals surface area (Å²) in [7, 11) is 0. The van der Waals surface area contributed by atoms with Crippen molar-refractivity contribution in [2.75, 3.05) is 13.2 Å². The fraction of sp³-hybridized carbons (Fsp3) is 0.364. The number of carbonyl (C=O) groups is 2. The lowest BCUT2D eigenvalue weighted by Gasteiger charge is -2.26. The number of ether oxygens (including phenoxy) is 1. The van der Waals surface area contributed by atoms with Crippen LogP contribution in [0.3, 0.4) is 0 Å². The Morgan fingerprint density at radius 3 is 2.25 bits per heavy atom. The first-order valence-electron chi connectivity index (χ1n) is 9.61. The summed E-state index contributed by atoms with van der Waals surface area (Å²) in [5, 5.41) is 12.3. The number of benzene rings is 2. The Morgan fingerprint density at radius 1 is 1.11 bits per heavy atom. The van der Waals surface area contributed by atoms with Crippen LogP contribution in [0, 0.1) is 5.92 Å². The normalized spacial score (nSPS) is 23.1. The maximum atomic E-state index is 12.5. The van der Waals surface area contributed by atoms with Crippen molar-refractivity contribution >= 4 is 12.1 Å². The lowest BCUT2D eigenvalue weighted by atomic mass is 9.96. The van der Waals surface area contributed by atoms with Gasteiger partial charge in [0.15, 0.2) is 0 Å². The van der Waals surface area contributed by atoms with E-state index < -0.39 is 17.6 Å². The van der Waals surface area contributed by atoms with Gasteiger partial charge >= 0.3 is 12.1 Å². The molecule has 6 heteroatoms. The number of hydrogen-bond acceptors (Lipinski definition) is 4. The molecule has 0 aromatic heterocycles. The molecular weight excluding hydrogens is 356 g/mol. The second-order valence-corrected chi connectivity index (χ2v) is 7.68. The van der Waals surface area contributed by atoms with Crippen molar-refractivity contribution in [3.8, 4) is 11.1 Å². The van der Waals surface area contributed by atoms with Crippen LogP contribution in [-0.2, 0) is 9.53 Å². The highest BCUT2D eigenvalue weighted by Crippen LogP contribution is 2.44. The lowest BCUT2D eigenvalue weighted by molar-refractivity contribution is -0.144. The molecule has 2 unspecified atom stereocenters. The molecule has 146 valence electrons.